The van der Waals surface area contributed by atoms with E-state index in [4.69, 9.17) is 0 Å². The molecule has 0 atom stereocenters. The van der Waals surface area contributed by atoms with E-state index in [2.05, 4.69) is 10.6 Å². The number of benzene rings is 2. The van der Waals surface area contributed by atoms with Crippen molar-refractivity contribution in [3.8, 4) is 0 Å². The molecule has 2 aromatic rings. The van der Waals surface area contributed by atoms with Gasteiger partial charge in [0, 0.05) is 37.7 Å². The summed E-state index contributed by atoms with van der Waals surface area (Å²) in [6.07, 6.45) is 0.426. The van der Waals surface area contributed by atoms with Crippen LogP contribution in [0.15, 0.2) is 36.4 Å². The number of halogens is 2. The SMILES string of the molecule is CN1CCC(=O)Nc2cc(C(=O)NCCc3c(F)cccc3F)ccc21. The van der Waals surface area contributed by atoms with E-state index >= 15 is 0 Å². The van der Waals surface area contributed by atoms with Crippen molar-refractivity contribution >= 4 is 23.2 Å². The highest BCUT2D eigenvalue weighted by Gasteiger charge is 2.18. The molecule has 5 nitrogen and oxygen atoms in total. The highest BCUT2D eigenvalue weighted by atomic mass is 19.1. The molecule has 1 heterocycles. The molecule has 1 aliphatic rings. The van der Waals surface area contributed by atoms with E-state index in [0.29, 0.717) is 24.2 Å². The monoisotopic (exact) mass is 359 g/mol. The van der Waals surface area contributed by atoms with Gasteiger partial charge in [-0.05, 0) is 36.8 Å². The molecule has 2 amide bonds. The number of hydrogen-bond acceptors (Lipinski definition) is 3. The minimum Gasteiger partial charge on any atom is -0.372 e. The summed E-state index contributed by atoms with van der Waals surface area (Å²) < 4.78 is 27.2. The standard InChI is InChI=1S/C19H19F2N3O2/c1-24-10-8-18(25)23-16-11-12(5-6-17(16)24)19(26)22-9-7-13-14(20)3-2-4-15(13)21/h2-6,11H,7-10H2,1H3,(H,22,26)(H,23,25). The fourth-order valence-electron chi connectivity index (χ4n) is 2.89. The summed E-state index contributed by atoms with van der Waals surface area (Å²) in [5, 5.41) is 5.43. The first-order valence-electron chi connectivity index (χ1n) is 8.32. The predicted octanol–water partition coefficient (Wildman–Crippen LogP) is 2.72. The summed E-state index contributed by atoms with van der Waals surface area (Å²) >= 11 is 0. The molecule has 26 heavy (non-hydrogen) atoms. The van der Waals surface area contributed by atoms with Gasteiger partial charge in [-0.15, -0.1) is 0 Å². The molecule has 0 unspecified atom stereocenters. The minimum absolute atomic E-state index is 0.0503. The second-order valence-electron chi connectivity index (χ2n) is 6.16. The number of carbonyl (C=O) groups is 2. The topological polar surface area (TPSA) is 61.4 Å². The van der Waals surface area contributed by atoms with Gasteiger partial charge in [-0.1, -0.05) is 6.07 Å². The van der Waals surface area contributed by atoms with Crippen molar-refractivity contribution in [2.24, 2.45) is 0 Å². The van der Waals surface area contributed by atoms with Gasteiger partial charge in [0.05, 0.1) is 11.4 Å². The third kappa shape index (κ3) is 3.82. The normalized spacial score (nSPS) is 13.7. The average molecular weight is 359 g/mol. The Kier molecular flexibility index (Phi) is 5.16. The summed E-state index contributed by atoms with van der Waals surface area (Å²) in [5.41, 5.74) is 1.72. The van der Waals surface area contributed by atoms with E-state index < -0.39 is 11.6 Å². The molecular formula is C19H19F2N3O2. The molecule has 0 spiro atoms. The minimum atomic E-state index is -0.630. The number of amides is 2. The van der Waals surface area contributed by atoms with Crippen LogP contribution in [0, 0.1) is 11.6 Å². The molecule has 0 saturated carbocycles. The Bertz CT molecular complexity index is 834. The van der Waals surface area contributed by atoms with Crippen LogP contribution in [-0.2, 0) is 11.2 Å². The molecule has 3 rings (SSSR count). The smallest absolute Gasteiger partial charge is 0.251 e. The largest absolute Gasteiger partial charge is 0.372 e. The Labute approximate surface area is 150 Å². The summed E-state index contributed by atoms with van der Waals surface area (Å²) in [7, 11) is 1.88. The summed E-state index contributed by atoms with van der Waals surface area (Å²) in [4.78, 5) is 26.0. The lowest BCUT2D eigenvalue weighted by atomic mass is 10.1. The van der Waals surface area contributed by atoms with Crippen LogP contribution in [0.1, 0.15) is 22.3 Å². The molecule has 0 fully saturated rings. The zero-order valence-corrected chi connectivity index (χ0v) is 14.3. The van der Waals surface area contributed by atoms with Crippen molar-refractivity contribution in [3.05, 3.63) is 59.2 Å². The third-order valence-electron chi connectivity index (χ3n) is 4.34. The number of nitrogens with zero attached hydrogens (tertiary/aromatic N) is 1. The van der Waals surface area contributed by atoms with Gasteiger partial charge in [0.1, 0.15) is 11.6 Å². The van der Waals surface area contributed by atoms with Crippen LogP contribution in [0.4, 0.5) is 20.2 Å². The third-order valence-corrected chi connectivity index (χ3v) is 4.34. The molecule has 136 valence electrons. The second-order valence-corrected chi connectivity index (χ2v) is 6.16. The summed E-state index contributed by atoms with van der Waals surface area (Å²) in [6, 6.07) is 8.71. The quantitative estimate of drug-likeness (QED) is 0.882. The van der Waals surface area contributed by atoms with Crippen molar-refractivity contribution in [2.45, 2.75) is 12.8 Å². The lowest BCUT2D eigenvalue weighted by Gasteiger charge is -2.18. The van der Waals surface area contributed by atoms with Crippen molar-refractivity contribution in [3.63, 3.8) is 0 Å². The van der Waals surface area contributed by atoms with Crippen LogP contribution in [0.5, 0.6) is 0 Å². The maximum Gasteiger partial charge on any atom is 0.251 e. The molecular weight excluding hydrogens is 340 g/mol. The molecule has 2 N–H and O–H groups in total. The first-order valence-corrected chi connectivity index (χ1v) is 8.32. The maximum absolute atomic E-state index is 13.6. The predicted molar refractivity (Wildman–Crippen MR) is 95.4 cm³/mol. The van der Waals surface area contributed by atoms with Gasteiger partial charge in [-0.25, -0.2) is 8.78 Å². The Morgan fingerprint density at radius 2 is 1.96 bits per heavy atom. The number of rotatable bonds is 4. The Morgan fingerprint density at radius 1 is 1.23 bits per heavy atom. The van der Waals surface area contributed by atoms with Crippen molar-refractivity contribution in [1.82, 2.24) is 5.32 Å². The number of hydrogen-bond donors (Lipinski definition) is 2. The van der Waals surface area contributed by atoms with Gasteiger partial charge in [0.15, 0.2) is 0 Å². The van der Waals surface area contributed by atoms with Gasteiger partial charge in [0.25, 0.3) is 5.91 Å². The molecule has 7 heteroatoms. The fourth-order valence-corrected chi connectivity index (χ4v) is 2.89. The highest BCUT2D eigenvalue weighted by Crippen LogP contribution is 2.28. The van der Waals surface area contributed by atoms with E-state index in [-0.39, 0.29) is 30.3 Å². The molecule has 0 aliphatic carbocycles. The second kappa shape index (κ2) is 7.51. The molecule has 1 aliphatic heterocycles. The number of fused-ring (bicyclic) bond motifs is 1. The van der Waals surface area contributed by atoms with Gasteiger partial charge in [0.2, 0.25) is 5.91 Å². The highest BCUT2D eigenvalue weighted by molar-refractivity contribution is 6.00. The van der Waals surface area contributed by atoms with E-state index in [1.165, 1.54) is 18.2 Å². The number of anilines is 2. The first-order chi connectivity index (χ1) is 12.5. The molecule has 0 aromatic heterocycles. The summed E-state index contributed by atoms with van der Waals surface area (Å²) in [6.45, 7) is 0.693. The average Bonchev–Trinajstić information content (AvgIpc) is 2.75. The summed E-state index contributed by atoms with van der Waals surface area (Å²) in [5.74, 6) is -1.74. The molecule has 0 saturated heterocycles. The Morgan fingerprint density at radius 3 is 2.69 bits per heavy atom. The maximum atomic E-state index is 13.6. The van der Waals surface area contributed by atoms with Crippen LogP contribution in [-0.4, -0.2) is 32.0 Å². The lowest BCUT2D eigenvalue weighted by Crippen LogP contribution is -2.26. The van der Waals surface area contributed by atoms with Gasteiger partial charge in [-0.3, -0.25) is 9.59 Å². The lowest BCUT2D eigenvalue weighted by molar-refractivity contribution is -0.115. The molecule has 2 aromatic carbocycles. The van der Waals surface area contributed by atoms with E-state index in [1.54, 1.807) is 18.2 Å². The van der Waals surface area contributed by atoms with Crippen LogP contribution in [0.25, 0.3) is 0 Å². The number of carbonyl (C=O) groups excluding carboxylic acids is 2. The Hall–Kier alpha value is -2.96. The Balaban J connectivity index is 1.68. The zero-order valence-electron chi connectivity index (χ0n) is 14.3. The van der Waals surface area contributed by atoms with E-state index in [0.717, 1.165) is 5.69 Å². The van der Waals surface area contributed by atoms with Gasteiger partial charge in [-0.2, -0.15) is 0 Å². The van der Waals surface area contributed by atoms with Gasteiger partial charge >= 0.3 is 0 Å². The number of nitrogens with one attached hydrogen (secondary N) is 2. The van der Waals surface area contributed by atoms with Gasteiger partial charge < -0.3 is 15.5 Å². The fraction of sp³-hybridized carbons (Fsp3) is 0.263. The van der Waals surface area contributed by atoms with Crippen molar-refractivity contribution < 1.29 is 18.4 Å². The van der Waals surface area contributed by atoms with Crippen molar-refractivity contribution in [1.29, 1.82) is 0 Å². The molecule has 0 bridgehead atoms. The van der Waals surface area contributed by atoms with E-state index in [1.807, 2.05) is 11.9 Å². The molecule has 0 radical (unpaired) electrons. The van der Waals surface area contributed by atoms with E-state index in [9.17, 15) is 18.4 Å². The van der Waals surface area contributed by atoms with Crippen LogP contribution >= 0.6 is 0 Å². The van der Waals surface area contributed by atoms with Crippen molar-refractivity contribution in [2.75, 3.05) is 30.4 Å². The first kappa shape index (κ1) is 17.8. The van der Waals surface area contributed by atoms with Crippen LogP contribution < -0.4 is 15.5 Å². The van der Waals surface area contributed by atoms with Crippen LogP contribution in [0.2, 0.25) is 0 Å². The van der Waals surface area contributed by atoms with Crippen LogP contribution in [0.3, 0.4) is 0 Å². The zero-order chi connectivity index (χ0) is 18.7.